The molecule has 2 atom stereocenters. The lowest BCUT2D eigenvalue weighted by Crippen LogP contribution is -2.56. The molecule has 3 N–H and O–H groups in total. The highest BCUT2D eigenvalue weighted by Gasteiger charge is 2.30. The van der Waals surface area contributed by atoms with E-state index in [0.717, 1.165) is 36.0 Å². The number of hydrogen-bond donors (Lipinski definition) is 3. The van der Waals surface area contributed by atoms with Gasteiger partial charge in [-0.05, 0) is 43.4 Å². The van der Waals surface area contributed by atoms with E-state index in [4.69, 9.17) is 4.74 Å². The second-order valence-corrected chi connectivity index (χ2v) is 9.89. The normalized spacial score (nSPS) is 16.7. The first-order valence-corrected chi connectivity index (χ1v) is 13.5. The van der Waals surface area contributed by atoms with Crippen LogP contribution in [0.1, 0.15) is 44.6 Å². The maximum absolute atomic E-state index is 13.5. The molecule has 1 saturated heterocycles. The molecule has 4 rings (SSSR count). The maximum Gasteiger partial charge on any atom is 0.237 e. The number of amides is 2. The van der Waals surface area contributed by atoms with E-state index in [1.54, 1.807) is 6.92 Å². The fraction of sp³-hybridized carbons (Fsp3) is 0.433. The molecule has 0 bridgehead atoms. The molecule has 2 amide bonds. The molecular formula is C30H38N4O4. The third kappa shape index (κ3) is 7.30. The van der Waals surface area contributed by atoms with Crippen molar-refractivity contribution in [3.05, 3.63) is 60.2 Å². The Balaban J connectivity index is 1.43. The molecule has 38 heavy (non-hydrogen) atoms. The van der Waals surface area contributed by atoms with Crippen molar-refractivity contribution in [2.75, 3.05) is 26.2 Å². The zero-order valence-electron chi connectivity index (χ0n) is 22.1. The summed E-state index contributed by atoms with van der Waals surface area (Å²) in [6.07, 6.45) is 4.78. The van der Waals surface area contributed by atoms with Crippen LogP contribution < -0.4 is 10.6 Å². The number of carbonyl (C=O) groups is 3. The minimum Gasteiger partial charge on any atom is -0.356 e. The van der Waals surface area contributed by atoms with Gasteiger partial charge in [0.25, 0.3) is 0 Å². The predicted molar refractivity (Wildman–Crippen MR) is 149 cm³/mol. The summed E-state index contributed by atoms with van der Waals surface area (Å²) in [5.74, 6) is 0.187. The standard InChI is InChI=1S/C30H38N4O4/c1-22(36)10-4-2-7-15-27(34-18-19-38-28(20-34)32-21-35)30(37)31-17-16-25-24-13-8-9-14-26(24)33-29(25)23-11-5-3-6-12-23/h3,5-6,8-9,11-14,21,27-28,33H,2,4,7,10,15-20H2,1H3,(H,31,37)(H,32,35)/t27-,28?/m0/s1. The molecule has 1 aliphatic rings. The number of Topliss-reactive ketones (excluding diaryl/α,β-unsaturated/α-hetero) is 1. The lowest BCUT2D eigenvalue weighted by Gasteiger charge is -2.37. The van der Waals surface area contributed by atoms with E-state index < -0.39 is 6.23 Å². The van der Waals surface area contributed by atoms with Crippen LogP contribution in [0.4, 0.5) is 0 Å². The van der Waals surface area contributed by atoms with Crippen molar-refractivity contribution < 1.29 is 19.1 Å². The van der Waals surface area contributed by atoms with E-state index in [0.29, 0.717) is 51.9 Å². The lowest BCUT2D eigenvalue weighted by molar-refractivity contribution is -0.132. The number of fused-ring (bicyclic) bond motifs is 1. The van der Waals surface area contributed by atoms with Crippen LogP contribution in [0.15, 0.2) is 54.6 Å². The number of ether oxygens (including phenoxy) is 1. The first-order valence-electron chi connectivity index (χ1n) is 13.5. The summed E-state index contributed by atoms with van der Waals surface area (Å²) in [4.78, 5) is 41.4. The van der Waals surface area contributed by atoms with Gasteiger partial charge in [0, 0.05) is 42.7 Å². The minimum absolute atomic E-state index is 0.00979. The number of benzene rings is 2. The summed E-state index contributed by atoms with van der Waals surface area (Å²) in [6, 6.07) is 18.2. The highest BCUT2D eigenvalue weighted by atomic mass is 16.5. The number of morpholine rings is 1. The number of ketones is 1. The molecule has 1 aliphatic heterocycles. The van der Waals surface area contributed by atoms with Crippen molar-refractivity contribution in [1.82, 2.24) is 20.5 Å². The molecule has 3 aromatic rings. The Bertz CT molecular complexity index is 1210. The number of nitrogens with zero attached hydrogens (tertiary/aromatic N) is 1. The van der Waals surface area contributed by atoms with E-state index in [1.165, 1.54) is 10.9 Å². The molecule has 202 valence electrons. The first kappa shape index (κ1) is 27.5. The fourth-order valence-electron chi connectivity index (χ4n) is 5.24. The van der Waals surface area contributed by atoms with Crippen LogP contribution >= 0.6 is 0 Å². The Hall–Kier alpha value is -3.49. The van der Waals surface area contributed by atoms with Gasteiger partial charge in [-0.1, -0.05) is 61.4 Å². The van der Waals surface area contributed by atoms with Gasteiger partial charge in [-0.3, -0.25) is 14.5 Å². The third-order valence-corrected chi connectivity index (χ3v) is 7.15. The maximum atomic E-state index is 13.5. The summed E-state index contributed by atoms with van der Waals surface area (Å²) in [5, 5.41) is 7.03. The predicted octanol–water partition coefficient (Wildman–Crippen LogP) is 3.81. The van der Waals surface area contributed by atoms with Gasteiger partial charge in [-0.15, -0.1) is 0 Å². The SMILES string of the molecule is CC(=O)CCCCC[C@@H](C(=O)NCCc1c(-c2ccccc2)[nH]c2ccccc12)N1CCOC(NC=O)C1. The number of H-pyrrole nitrogens is 1. The summed E-state index contributed by atoms with van der Waals surface area (Å²) in [6.45, 7) is 3.67. The van der Waals surface area contributed by atoms with E-state index in [2.05, 4.69) is 44.8 Å². The largest absolute Gasteiger partial charge is 0.356 e. The lowest BCUT2D eigenvalue weighted by atomic mass is 10.0. The van der Waals surface area contributed by atoms with Gasteiger partial charge in [0.15, 0.2) is 0 Å². The van der Waals surface area contributed by atoms with Gasteiger partial charge in [-0.2, -0.15) is 0 Å². The van der Waals surface area contributed by atoms with Gasteiger partial charge < -0.3 is 25.1 Å². The van der Waals surface area contributed by atoms with E-state index in [9.17, 15) is 14.4 Å². The highest BCUT2D eigenvalue weighted by molar-refractivity contribution is 5.91. The van der Waals surface area contributed by atoms with Crippen molar-refractivity contribution in [3.8, 4) is 11.3 Å². The average molecular weight is 519 g/mol. The molecule has 0 saturated carbocycles. The molecule has 1 unspecified atom stereocenters. The zero-order chi connectivity index (χ0) is 26.7. The highest BCUT2D eigenvalue weighted by Crippen LogP contribution is 2.30. The van der Waals surface area contributed by atoms with Crippen molar-refractivity contribution in [1.29, 1.82) is 0 Å². The molecule has 8 nitrogen and oxygen atoms in total. The average Bonchev–Trinajstić information content (AvgIpc) is 3.30. The zero-order valence-corrected chi connectivity index (χ0v) is 22.1. The molecule has 2 aromatic carbocycles. The summed E-state index contributed by atoms with van der Waals surface area (Å²) >= 11 is 0. The van der Waals surface area contributed by atoms with E-state index >= 15 is 0 Å². The van der Waals surface area contributed by atoms with Gasteiger partial charge in [-0.25, -0.2) is 0 Å². The van der Waals surface area contributed by atoms with Crippen molar-refractivity contribution in [2.24, 2.45) is 0 Å². The minimum atomic E-state index is -0.422. The smallest absolute Gasteiger partial charge is 0.237 e. The van der Waals surface area contributed by atoms with Crippen LogP contribution in [0.3, 0.4) is 0 Å². The third-order valence-electron chi connectivity index (χ3n) is 7.15. The molecule has 2 heterocycles. The monoisotopic (exact) mass is 518 g/mol. The van der Waals surface area contributed by atoms with Gasteiger partial charge in [0.1, 0.15) is 12.0 Å². The summed E-state index contributed by atoms with van der Waals surface area (Å²) < 4.78 is 5.62. The van der Waals surface area contributed by atoms with Crippen molar-refractivity contribution in [3.63, 3.8) is 0 Å². The number of nitrogens with one attached hydrogen (secondary N) is 3. The van der Waals surface area contributed by atoms with Gasteiger partial charge >= 0.3 is 0 Å². The van der Waals surface area contributed by atoms with Crippen LogP contribution in [0.5, 0.6) is 0 Å². The second-order valence-electron chi connectivity index (χ2n) is 9.89. The molecular weight excluding hydrogens is 480 g/mol. The van der Waals surface area contributed by atoms with Crippen molar-refractivity contribution in [2.45, 2.75) is 57.7 Å². The van der Waals surface area contributed by atoms with Crippen LogP contribution in [0.2, 0.25) is 0 Å². The quantitative estimate of drug-likeness (QED) is 0.222. The molecule has 8 heteroatoms. The molecule has 1 fully saturated rings. The van der Waals surface area contributed by atoms with E-state index in [1.807, 2.05) is 30.3 Å². The Morgan fingerprint density at radius 3 is 2.68 bits per heavy atom. The van der Waals surface area contributed by atoms with Crippen LogP contribution in [-0.4, -0.2) is 66.5 Å². The number of aromatic amines is 1. The Morgan fingerprint density at radius 2 is 1.89 bits per heavy atom. The van der Waals surface area contributed by atoms with Crippen LogP contribution in [0, 0.1) is 0 Å². The number of aromatic nitrogens is 1. The number of rotatable bonds is 14. The Kier molecular flexibility index (Phi) is 10.1. The molecule has 0 aliphatic carbocycles. The Labute approximate surface area is 224 Å². The molecule has 0 spiro atoms. The first-order chi connectivity index (χ1) is 18.6. The van der Waals surface area contributed by atoms with E-state index in [-0.39, 0.29) is 17.7 Å². The topological polar surface area (TPSA) is 104 Å². The molecule has 0 radical (unpaired) electrons. The van der Waals surface area contributed by atoms with Gasteiger partial charge in [0.05, 0.1) is 12.6 Å². The number of hydrogen-bond acceptors (Lipinski definition) is 5. The Morgan fingerprint density at radius 1 is 1.11 bits per heavy atom. The van der Waals surface area contributed by atoms with Gasteiger partial charge in [0.2, 0.25) is 12.3 Å². The number of carbonyl (C=O) groups excluding carboxylic acids is 3. The number of unbranched alkanes of at least 4 members (excludes halogenated alkanes) is 2. The fourth-order valence-corrected chi connectivity index (χ4v) is 5.24. The molecule has 1 aromatic heterocycles. The van der Waals surface area contributed by atoms with Crippen molar-refractivity contribution >= 4 is 29.0 Å². The summed E-state index contributed by atoms with van der Waals surface area (Å²) in [5.41, 5.74) is 4.47. The van der Waals surface area contributed by atoms with Crippen LogP contribution in [-0.2, 0) is 25.5 Å². The van der Waals surface area contributed by atoms with Crippen LogP contribution in [0.25, 0.3) is 22.2 Å². The second kappa shape index (κ2) is 13.9. The summed E-state index contributed by atoms with van der Waals surface area (Å²) in [7, 11) is 0. The number of para-hydroxylation sites is 1.